The normalized spacial score (nSPS) is 10.0. The zero-order valence-corrected chi connectivity index (χ0v) is 12.4. The summed E-state index contributed by atoms with van der Waals surface area (Å²) < 4.78 is 5.55. The average Bonchev–Trinajstić information content (AvgIpc) is 2.55. The Kier molecular flexibility index (Phi) is 5.21. The minimum atomic E-state index is -0.0543. The topological polar surface area (TPSA) is 41.6 Å². The second-order valence-corrected chi connectivity index (χ2v) is 4.54. The van der Waals surface area contributed by atoms with Crippen LogP contribution in [0.15, 0.2) is 54.6 Å². The Hall–Kier alpha value is -2.49. The Morgan fingerprint density at radius 1 is 1.10 bits per heavy atom. The minimum Gasteiger partial charge on any atom is -0.484 e. The third kappa shape index (κ3) is 3.99. The standard InChI is InChI=1S/C17H20N2O2/c1-3-19(15-7-5-4-6-8-15)17(20)13-21-16-11-9-14(18-2)10-12-16/h4-12,18H,3,13H2,1-2H3. The van der Waals surface area contributed by atoms with Crippen LogP contribution in [0.25, 0.3) is 0 Å². The van der Waals surface area contributed by atoms with Gasteiger partial charge in [0.2, 0.25) is 0 Å². The lowest BCUT2D eigenvalue weighted by molar-refractivity contribution is -0.120. The smallest absolute Gasteiger partial charge is 0.264 e. The van der Waals surface area contributed by atoms with Gasteiger partial charge in [-0.15, -0.1) is 0 Å². The van der Waals surface area contributed by atoms with Crippen LogP contribution < -0.4 is 15.0 Å². The quantitative estimate of drug-likeness (QED) is 0.886. The van der Waals surface area contributed by atoms with Gasteiger partial charge < -0.3 is 15.0 Å². The average molecular weight is 284 g/mol. The van der Waals surface area contributed by atoms with E-state index in [0.29, 0.717) is 12.3 Å². The molecule has 0 heterocycles. The zero-order chi connectivity index (χ0) is 15.1. The predicted octanol–water partition coefficient (Wildman–Crippen LogP) is 3.16. The van der Waals surface area contributed by atoms with Crippen molar-refractivity contribution in [3.05, 3.63) is 54.6 Å². The lowest BCUT2D eigenvalue weighted by atomic mass is 10.3. The maximum Gasteiger partial charge on any atom is 0.264 e. The van der Waals surface area contributed by atoms with Crippen molar-refractivity contribution < 1.29 is 9.53 Å². The van der Waals surface area contributed by atoms with Crippen molar-refractivity contribution in [2.45, 2.75) is 6.92 Å². The summed E-state index contributed by atoms with van der Waals surface area (Å²) in [6.07, 6.45) is 0. The number of nitrogens with zero attached hydrogens (tertiary/aromatic N) is 1. The van der Waals surface area contributed by atoms with Gasteiger partial charge in [-0.05, 0) is 43.3 Å². The highest BCUT2D eigenvalue weighted by molar-refractivity contribution is 5.94. The molecular formula is C17H20N2O2. The molecule has 4 nitrogen and oxygen atoms in total. The maximum absolute atomic E-state index is 12.3. The Bertz CT molecular complexity index is 567. The molecule has 2 aromatic carbocycles. The summed E-state index contributed by atoms with van der Waals surface area (Å²) in [5.41, 5.74) is 1.90. The van der Waals surface area contributed by atoms with Crippen LogP contribution in [0.4, 0.5) is 11.4 Å². The summed E-state index contributed by atoms with van der Waals surface area (Å²) in [6, 6.07) is 17.1. The van der Waals surface area contributed by atoms with Crippen molar-refractivity contribution in [3.8, 4) is 5.75 Å². The van der Waals surface area contributed by atoms with E-state index in [1.165, 1.54) is 0 Å². The summed E-state index contributed by atoms with van der Waals surface area (Å²) in [4.78, 5) is 14.0. The van der Waals surface area contributed by atoms with E-state index in [1.807, 2.05) is 68.6 Å². The second kappa shape index (κ2) is 7.33. The number of anilines is 2. The first-order valence-electron chi connectivity index (χ1n) is 7.00. The Balaban J connectivity index is 1.96. The molecule has 21 heavy (non-hydrogen) atoms. The Labute approximate surface area is 125 Å². The first kappa shape index (κ1) is 14.9. The fourth-order valence-electron chi connectivity index (χ4n) is 2.05. The highest BCUT2D eigenvalue weighted by Crippen LogP contribution is 2.16. The van der Waals surface area contributed by atoms with E-state index in [1.54, 1.807) is 4.90 Å². The Morgan fingerprint density at radius 3 is 2.33 bits per heavy atom. The molecule has 0 saturated heterocycles. The van der Waals surface area contributed by atoms with Crippen molar-refractivity contribution in [1.29, 1.82) is 0 Å². The number of para-hydroxylation sites is 1. The fraction of sp³-hybridized carbons (Fsp3) is 0.235. The molecule has 0 aliphatic carbocycles. The van der Waals surface area contributed by atoms with Crippen molar-refractivity contribution in [1.82, 2.24) is 0 Å². The van der Waals surface area contributed by atoms with E-state index in [2.05, 4.69) is 5.32 Å². The molecule has 0 saturated carbocycles. The number of hydrogen-bond donors (Lipinski definition) is 1. The van der Waals surface area contributed by atoms with E-state index < -0.39 is 0 Å². The molecule has 2 aromatic rings. The molecule has 1 N–H and O–H groups in total. The number of amides is 1. The molecular weight excluding hydrogens is 264 g/mol. The van der Waals surface area contributed by atoms with Gasteiger partial charge in [-0.25, -0.2) is 0 Å². The number of likely N-dealkylation sites (N-methyl/N-ethyl adjacent to an activating group) is 1. The maximum atomic E-state index is 12.3. The molecule has 110 valence electrons. The number of carbonyl (C=O) groups excluding carboxylic acids is 1. The van der Waals surface area contributed by atoms with E-state index in [0.717, 1.165) is 11.4 Å². The van der Waals surface area contributed by atoms with E-state index in [9.17, 15) is 4.79 Å². The zero-order valence-electron chi connectivity index (χ0n) is 12.4. The lowest BCUT2D eigenvalue weighted by Crippen LogP contribution is -2.34. The first-order chi connectivity index (χ1) is 10.2. The van der Waals surface area contributed by atoms with Gasteiger partial charge in [0.1, 0.15) is 5.75 Å². The third-order valence-electron chi connectivity index (χ3n) is 3.19. The van der Waals surface area contributed by atoms with Gasteiger partial charge in [-0.2, -0.15) is 0 Å². The van der Waals surface area contributed by atoms with E-state index >= 15 is 0 Å². The molecule has 0 aliphatic rings. The van der Waals surface area contributed by atoms with Gasteiger partial charge in [-0.3, -0.25) is 4.79 Å². The number of benzene rings is 2. The van der Waals surface area contributed by atoms with Crippen LogP contribution in [0.3, 0.4) is 0 Å². The second-order valence-electron chi connectivity index (χ2n) is 4.54. The van der Waals surface area contributed by atoms with Gasteiger partial charge in [0.15, 0.2) is 6.61 Å². The Morgan fingerprint density at radius 2 is 1.76 bits per heavy atom. The SMILES string of the molecule is CCN(C(=O)COc1ccc(NC)cc1)c1ccccc1. The van der Waals surface area contributed by atoms with Crippen molar-refractivity contribution in [3.63, 3.8) is 0 Å². The lowest BCUT2D eigenvalue weighted by Gasteiger charge is -2.21. The van der Waals surface area contributed by atoms with Gasteiger partial charge in [0.25, 0.3) is 5.91 Å². The molecule has 1 amide bonds. The van der Waals surface area contributed by atoms with Crippen LogP contribution in [-0.2, 0) is 4.79 Å². The number of rotatable bonds is 6. The van der Waals surface area contributed by atoms with Crippen molar-refractivity contribution >= 4 is 17.3 Å². The highest BCUT2D eigenvalue weighted by Gasteiger charge is 2.14. The molecule has 0 fully saturated rings. The molecule has 4 heteroatoms. The predicted molar refractivity (Wildman–Crippen MR) is 86.0 cm³/mol. The van der Waals surface area contributed by atoms with Crippen LogP contribution in [0.5, 0.6) is 5.75 Å². The largest absolute Gasteiger partial charge is 0.484 e. The number of hydrogen-bond acceptors (Lipinski definition) is 3. The van der Waals surface area contributed by atoms with Crippen LogP contribution in [0.1, 0.15) is 6.92 Å². The van der Waals surface area contributed by atoms with E-state index in [-0.39, 0.29) is 12.5 Å². The number of ether oxygens (including phenoxy) is 1. The van der Waals surface area contributed by atoms with Crippen LogP contribution in [-0.4, -0.2) is 26.1 Å². The number of carbonyl (C=O) groups is 1. The van der Waals surface area contributed by atoms with Crippen molar-refractivity contribution in [2.24, 2.45) is 0 Å². The minimum absolute atomic E-state index is 0.0294. The molecule has 0 radical (unpaired) electrons. The first-order valence-corrected chi connectivity index (χ1v) is 7.00. The summed E-state index contributed by atoms with van der Waals surface area (Å²) in [7, 11) is 1.86. The molecule has 2 rings (SSSR count). The number of nitrogens with one attached hydrogen (secondary N) is 1. The van der Waals surface area contributed by atoms with Gasteiger partial charge in [0.05, 0.1) is 0 Å². The molecule has 0 spiro atoms. The third-order valence-corrected chi connectivity index (χ3v) is 3.19. The van der Waals surface area contributed by atoms with Crippen LogP contribution in [0.2, 0.25) is 0 Å². The summed E-state index contributed by atoms with van der Waals surface area (Å²) in [5, 5.41) is 3.04. The van der Waals surface area contributed by atoms with Gasteiger partial charge in [-0.1, -0.05) is 18.2 Å². The highest BCUT2D eigenvalue weighted by atomic mass is 16.5. The van der Waals surface area contributed by atoms with Gasteiger partial charge >= 0.3 is 0 Å². The van der Waals surface area contributed by atoms with Gasteiger partial charge in [0, 0.05) is 25.0 Å². The monoisotopic (exact) mass is 284 g/mol. The van der Waals surface area contributed by atoms with Crippen molar-refractivity contribution in [2.75, 3.05) is 30.4 Å². The van der Waals surface area contributed by atoms with Crippen LogP contribution in [0, 0.1) is 0 Å². The molecule has 0 bridgehead atoms. The molecule has 0 aromatic heterocycles. The summed E-state index contributed by atoms with van der Waals surface area (Å²) >= 11 is 0. The molecule has 0 aliphatic heterocycles. The summed E-state index contributed by atoms with van der Waals surface area (Å²) in [5.74, 6) is 0.632. The molecule has 0 atom stereocenters. The molecule has 0 unspecified atom stereocenters. The van der Waals surface area contributed by atoms with E-state index in [4.69, 9.17) is 4.74 Å². The van der Waals surface area contributed by atoms with Crippen LogP contribution >= 0.6 is 0 Å². The summed E-state index contributed by atoms with van der Waals surface area (Å²) in [6.45, 7) is 2.60. The fourth-order valence-corrected chi connectivity index (χ4v) is 2.05.